The van der Waals surface area contributed by atoms with Crippen molar-refractivity contribution in [1.29, 1.82) is 0 Å². The molecule has 0 aliphatic heterocycles. The van der Waals surface area contributed by atoms with Crippen LogP contribution in [0.2, 0.25) is 0 Å². The molecule has 0 amide bonds. The van der Waals surface area contributed by atoms with Crippen molar-refractivity contribution in [3.8, 4) is 0 Å². The van der Waals surface area contributed by atoms with Gasteiger partial charge < -0.3 is 4.90 Å². The Balaban J connectivity index is 0.00000100. The van der Waals surface area contributed by atoms with E-state index in [1.165, 1.54) is 33.8 Å². The number of hydrogen-bond acceptors (Lipinski definition) is 3. The Morgan fingerprint density at radius 2 is 0.667 bits per heavy atom. The molecule has 0 unspecified atom stereocenters. The lowest BCUT2D eigenvalue weighted by molar-refractivity contribution is 1.26. The van der Waals surface area contributed by atoms with Crippen LogP contribution in [0.4, 0.5) is 17.1 Å². The Morgan fingerprint density at radius 1 is 0.458 bits per heavy atom. The normalized spacial score (nSPS) is 9.88. The molecule has 0 atom stereocenters. The topological polar surface area (TPSA) is 55.3 Å². The van der Waals surface area contributed by atoms with Crippen molar-refractivity contribution in [3.63, 3.8) is 0 Å². The van der Waals surface area contributed by atoms with E-state index in [1.54, 1.807) is 0 Å². The van der Waals surface area contributed by atoms with Gasteiger partial charge in [0.1, 0.15) is 0 Å². The van der Waals surface area contributed by atoms with Crippen LogP contribution in [0.15, 0.2) is 72.8 Å². The van der Waals surface area contributed by atoms with Gasteiger partial charge in [-0.2, -0.15) is 0 Å². The smallest absolute Gasteiger partial charge is 0.0461 e. The van der Waals surface area contributed by atoms with Gasteiger partial charge in [0.15, 0.2) is 0 Å². The minimum absolute atomic E-state index is 1.18. The number of anilines is 3. The number of hydrogen-bond donors (Lipinski definition) is 2. The predicted octanol–water partition coefficient (Wildman–Crippen LogP) is 4.90. The van der Waals surface area contributed by atoms with Crippen LogP contribution in [-0.2, 0) is 0 Å². The maximum absolute atomic E-state index is 4.00. The molecule has 0 aliphatic rings. The Kier molecular flexibility index (Phi) is 6.13. The molecule has 3 nitrogen and oxygen atoms in total. The fraction of sp³-hybridized carbons (Fsp3) is 0.143. The van der Waals surface area contributed by atoms with E-state index < -0.39 is 0 Å². The van der Waals surface area contributed by atoms with Gasteiger partial charge in [-0.1, -0.05) is 53.1 Å². The maximum Gasteiger partial charge on any atom is 0.0461 e. The molecule has 0 spiro atoms. The molecule has 3 aromatic rings. The van der Waals surface area contributed by atoms with E-state index in [4.69, 9.17) is 0 Å². The summed E-state index contributed by atoms with van der Waals surface area (Å²) in [7, 11) is 0. The van der Waals surface area contributed by atoms with Crippen LogP contribution < -0.4 is 16.6 Å². The molecule has 0 saturated heterocycles. The monoisotopic (exact) mass is 319 g/mol. The highest BCUT2D eigenvalue weighted by atomic mass is 15.1. The summed E-state index contributed by atoms with van der Waals surface area (Å²) < 4.78 is 0. The summed E-state index contributed by atoms with van der Waals surface area (Å²) in [5.74, 6) is 8.00. The fourth-order valence-electron chi connectivity index (χ4n) is 2.53. The molecule has 0 radical (unpaired) electrons. The Labute approximate surface area is 144 Å². The maximum atomic E-state index is 4.00. The van der Waals surface area contributed by atoms with Crippen LogP contribution in [0.5, 0.6) is 0 Å². The number of hydrazine groups is 1. The van der Waals surface area contributed by atoms with E-state index in [-0.39, 0.29) is 0 Å². The SMILES string of the molecule is Cc1ccc(N(c2ccc(C)cc2)c2ccc(C)cc2)cc1.NN. The van der Waals surface area contributed by atoms with Crippen LogP contribution in [-0.4, -0.2) is 0 Å². The number of benzene rings is 3. The van der Waals surface area contributed by atoms with Crippen molar-refractivity contribution >= 4 is 17.1 Å². The quantitative estimate of drug-likeness (QED) is 0.533. The molecule has 3 heteroatoms. The van der Waals surface area contributed by atoms with Crippen LogP contribution >= 0.6 is 0 Å². The molecule has 0 heterocycles. The Bertz CT molecular complexity index is 636. The van der Waals surface area contributed by atoms with E-state index in [1.807, 2.05) is 0 Å². The van der Waals surface area contributed by atoms with E-state index in [2.05, 4.69) is 110 Å². The molecule has 24 heavy (non-hydrogen) atoms. The summed E-state index contributed by atoms with van der Waals surface area (Å²) in [5, 5.41) is 0. The standard InChI is InChI=1S/C21H21N.H4N2/c1-16-4-10-19(11-5-16)22(20-12-6-17(2)7-13-20)21-14-8-18(3)9-15-21;1-2/h4-15H,1-3H3;1-2H2. The molecule has 0 fully saturated rings. The third-order valence-electron chi connectivity index (χ3n) is 3.88. The zero-order valence-electron chi connectivity index (χ0n) is 14.5. The highest BCUT2D eigenvalue weighted by Gasteiger charge is 2.11. The van der Waals surface area contributed by atoms with Crippen LogP contribution in [0, 0.1) is 20.8 Å². The van der Waals surface area contributed by atoms with Gasteiger partial charge in [-0.25, -0.2) is 0 Å². The van der Waals surface area contributed by atoms with Gasteiger partial charge in [0.25, 0.3) is 0 Å². The molecule has 4 N–H and O–H groups in total. The summed E-state index contributed by atoms with van der Waals surface area (Å²) in [6.07, 6.45) is 0. The van der Waals surface area contributed by atoms with Gasteiger partial charge in [-0.05, 0) is 57.2 Å². The van der Waals surface area contributed by atoms with Gasteiger partial charge in [-0.3, -0.25) is 11.7 Å². The predicted molar refractivity (Wildman–Crippen MR) is 104 cm³/mol. The molecular formula is C21H25N3. The first-order valence-electron chi connectivity index (χ1n) is 7.97. The van der Waals surface area contributed by atoms with Crippen molar-refractivity contribution in [1.82, 2.24) is 0 Å². The average Bonchev–Trinajstić information content (AvgIpc) is 2.62. The van der Waals surface area contributed by atoms with Crippen molar-refractivity contribution in [2.75, 3.05) is 4.90 Å². The van der Waals surface area contributed by atoms with Gasteiger partial charge in [-0.15, -0.1) is 0 Å². The lowest BCUT2D eigenvalue weighted by Crippen LogP contribution is -2.09. The van der Waals surface area contributed by atoms with Crippen LogP contribution in [0.1, 0.15) is 16.7 Å². The second kappa shape index (κ2) is 8.29. The minimum atomic E-state index is 1.18. The lowest BCUT2D eigenvalue weighted by atomic mass is 10.1. The van der Waals surface area contributed by atoms with E-state index in [0.29, 0.717) is 0 Å². The largest absolute Gasteiger partial charge is 0.311 e. The molecular weight excluding hydrogens is 294 g/mol. The summed E-state index contributed by atoms with van der Waals surface area (Å²) >= 11 is 0. The summed E-state index contributed by atoms with van der Waals surface area (Å²) in [6, 6.07) is 26.0. The van der Waals surface area contributed by atoms with E-state index in [0.717, 1.165) is 0 Å². The highest BCUT2D eigenvalue weighted by molar-refractivity contribution is 5.76. The summed E-state index contributed by atoms with van der Waals surface area (Å²) in [4.78, 5) is 2.29. The highest BCUT2D eigenvalue weighted by Crippen LogP contribution is 2.34. The molecule has 0 saturated carbocycles. The first kappa shape index (κ1) is 17.7. The Hall–Kier alpha value is -2.62. The van der Waals surface area contributed by atoms with Crippen molar-refractivity contribution < 1.29 is 0 Å². The fourth-order valence-corrected chi connectivity index (χ4v) is 2.53. The van der Waals surface area contributed by atoms with Gasteiger partial charge in [0.2, 0.25) is 0 Å². The van der Waals surface area contributed by atoms with Crippen molar-refractivity contribution in [2.45, 2.75) is 20.8 Å². The van der Waals surface area contributed by atoms with Crippen molar-refractivity contribution in [3.05, 3.63) is 89.5 Å². The van der Waals surface area contributed by atoms with Crippen LogP contribution in [0.25, 0.3) is 0 Å². The number of aryl methyl sites for hydroxylation is 3. The molecule has 0 aromatic heterocycles. The van der Waals surface area contributed by atoms with Gasteiger partial charge in [0.05, 0.1) is 0 Å². The van der Waals surface area contributed by atoms with E-state index >= 15 is 0 Å². The lowest BCUT2D eigenvalue weighted by Gasteiger charge is -2.25. The summed E-state index contributed by atoms with van der Waals surface area (Å²) in [5.41, 5.74) is 7.36. The summed E-state index contributed by atoms with van der Waals surface area (Å²) in [6.45, 7) is 6.35. The number of rotatable bonds is 3. The van der Waals surface area contributed by atoms with E-state index in [9.17, 15) is 0 Å². The zero-order chi connectivity index (χ0) is 17.5. The first-order chi connectivity index (χ1) is 11.6. The minimum Gasteiger partial charge on any atom is -0.311 e. The third-order valence-corrected chi connectivity index (χ3v) is 3.88. The van der Waals surface area contributed by atoms with Crippen LogP contribution in [0.3, 0.4) is 0 Å². The second-order valence-corrected chi connectivity index (χ2v) is 5.84. The molecule has 0 aliphatic carbocycles. The average molecular weight is 319 g/mol. The number of nitrogens with zero attached hydrogens (tertiary/aromatic N) is 1. The molecule has 3 aromatic carbocycles. The number of nitrogens with two attached hydrogens (primary N) is 2. The second-order valence-electron chi connectivity index (χ2n) is 5.84. The molecule has 124 valence electrons. The molecule has 0 bridgehead atoms. The van der Waals surface area contributed by atoms with Gasteiger partial charge >= 0.3 is 0 Å². The molecule has 3 rings (SSSR count). The zero-order valence-corrected chi connectivity index (χ0v) is 14.5. The first-order valence-corrected chi connectivity index (χ1v) is 7.97. The van der Waals surface area contributed by atoms with Crippen molar-refractivity contribution in [2.24, 2.45) is 11.7 Å². The third kappa shape index (κ3) is 4.22. The van der Waals surface area contributed by atoms with Gasteiger partial charge in [0, 0.05) is 17.1 Å². The Morgan fingerprint density at radius 3 is 0.875 bits per heavy atom.